The Balaban J connectivity index is 1.16. The number of rotatable bonds is 9. The first-order valence-electron chi connectivity index (χ1n) is 13.2. The number of anilines is 2. The SMILES string of the molecule is CCN(CC)C(=O)C1CN(c2ncc(N3CC[C@@H](Oc4ccc(Oc5ccc(F)cc5)nc4)C3(C)O)cn2)C1. The summed E-state index contributed by atoms with van der Waals surface area (Å²) < 4.78 is 24.8. The van der Waals surface area contributed by atoms with Gasteiger partial charge in [0.2, 0.25) is 17.7 Å². The van der Waals surface area contributed by atoms with E-state index in [1.165, 1.54) is 30.5 Å². The first-order chi connectivity index (χ1) is 18.8. The van der Waals surface area contributed by atoms with Gasteiger partial charge in [-0.3, -0.25) is 4.79 Å². The highest BCUT2D eigenvalue weighted by Gasteiger charge is 2.46. The van der Waals surface area contributed by atoms with Crippen molar-refractivity contribution in [3.63, 3.8) is 0 Å². The smallest absolute Gasteiger partial charge is 0.229 e. The highest BCUT2D eigenvalue weighted by Crippen LogP contribution is 2.35. The van der Waals surface area contributed by atoms with Crippen molar-refractivity contribution in [3.05, 3.63) is 60.8 Å². The van der Waals surface area contributed by atoms with E-state index in [2.05, 4.69) is 15.0 Å². The minimum absolute atomic E-state index is 0.0246. The van der Waals surface area contributed by atoms with Crippen molar-refractivity contribution in [1.29, 1.82) is 0 Å². The minimum Gasteiger partial charge on any atom is -0.484 e. The van der Waals surface area contributed by atoms with E-state index >= 15 is 0 Å². The van der Waals surface area contributed by atoms with Gasteiger partial charge >= 0.3 is 0 Å². The normalized spacial score (nSPS) is 21.0. The Bertz CT molecular complexity index is 1260. The summed E-state index contributed by atoms with van der Waals surface area (Å²) in [4.78, 5) is 31.4. The van der Waals surface area contributed by atoms with Gasteiger partial charge in [0.05, 0.1) is 30.2 Å². The van der Waals surface area contributed by atoms with Gasteiger partial charge in [0, 0.05) is 45.2 Å². The predicted octanol–water partition coefficient (Wildman–Crippen LogP) is 3.47. The molecule has 2 saturated heterocycles. The van der Waals surface area contributed by atoms with Gasteiger partial charge < -0.3 is 29.3 Å². The molecule has 39 heavy (non-hydrogen) atoms. The lowest BCUT2D eigenvalue weighted by Crippen LogP contribution is -2.55. The van der Waals surface area contributed by atoms with Gasteiger partial charge in [-0.1, -0.05) is 0 Å². The minimum atomic E-state index is -1.30. The van der Waals surface area contributed by atoms with E-state index < -0.39 is 11.8 Å². The van der Waals surface area contributed by atoms with E-state index in [4.69, 9.17) is 9.47 Å². The van der Waals surface area contributed by atoms with Crippen molar-refractivity contribution in [2.45, 2.75) is 39.0 Å². The molecule has 2 atom stereocenters. The lowest BCUT2D eigenvalue weighted by molar-refractivity contribution is -0.135. The van der Waals surface area contributed by atoms with Crippen molar-refractivity contribution in [1.82, 2.24) is 19.9 Å². The Morgan fingerprint density at radius 1 is 1.05 bits per heavy atom. The van der Waals surface area contributed by atoms with Crippen LogP contribution in [0.1, 0.15) is 27.2 Å². The van der Waals surface area contributed by atoms with Crippen LogP contribution in [0.5, 0.6) is 17.4 Å². The van der Waals surface area contributed by atoms with Crippen molar-refractivity contribution in [3.8, 4) is 17.4 Å². The Morgan fingerprint density at radius 3 is 2.33 bits per heavy atom. The molecular weight excluding hydrogens is 503 g/mol. The number of benzene rings is 1. The lowest BCUT2D eigenvalue weighted by atomic mass is 9.99. The third-order valence-electron chi connectivity index (χ3n) is 7.32. The average molecular weight is 537 g/mol. The second-order valence-corrected chi connectivity index (χ2v) is 9.88. The van der Waals surface area contributed by atoms with Gasteiger partial charge in [0.1, 0.15) is 23.4 Å². The number of carbonyl (C=O) groups is 1. The molecule has 1 unspecified atom stereocenters. The molecule has 3 aromatic rings. The molecule has 11 heteroatoms. The van der Waals surface area contributed by atoms with Gasteiger partial charge in [-0.15, -0.1) is 0 Å². The zero-order valence-electron chi connectivity index (χ0n) is 22.3. The maximum absolute atomic E-state index is 13.1. The van der Waals surface area contributed by atoms with Crippen molar-refractivity contribution in [2.75, 3.05) is 42.5 Å². The standard InChI is InChI=1S/C28H33FN6O4/c1-4-33(5-2)26(36)19-17-34(18-19)27-31-14-21(15-32-27)35-13-12-24(28(35,3)37)38-23-10-11-25(30-16-23)39-22-8-6-20(29)7-9-22/h6-11,14-16,19,24,37H,4-5,12-13,17-18H2,1-3H3/t24-,28?/m1/s1. The van der Waals surface area contributed by atoms with Crippen LogP contribution in [0, 0.1) is 11.7 Å². The fourth-order valence-electron chi connectivity index (χ4n) is 4.97. The third-order valence-corrected chi connectivity index (χ3v) is 7.32. The van der Waals surface area contributed by atoms with Gasteiger partial charge in [0.15, 0.2) is 5.72 Å². The van der Waals surface area contributed by atoms with Crippen LogP contribution in [0.2, 0.25) is 0 Å². The molecular formula is C28H33FN6O4. The van der Waals surface area contributed by atoms with Crippen LogP contribution in [-0.2, 0) is 4.79 Å². The molecule has 0 spiro atoms. The monoisotopic (exact) mass is 536 g/mol. The van der Waals surface area contributed by atoms with Crippen molar-refractivity contribution >= 4 is 17.5 Å². The number of pyridine rings is 1. The summed E-state index contributed by atoms with van der Waals surface area (Å²) in [5.41, 5.74) is -0.612. The summed E-state index contributed by atoms with van der Waals surface area (Å²) in [6.45, 7) is 8.88. The number of ether oxygens (including phenoxy) is 2. The molecule has 2 aromatic heterocycles. The summed E-state index contributed by atoms with van der Waals surface area (Å²) in [5, 5.41) is 11.3. The highest BCUT2D eigenvalue weighted by molar-refractivity contribution is 5.81. The Morgan fingerprint density at radius 2 is 1.72 bits per heavy atom. The largest absolute Gasteiger partial charge is 0.484 e. The number of aliphatic hydroxyl groups is 1. The summed E-state index contributed by atoms with van der Waals surface area (Å²) in [5.74, 6) is 1.70. The van der Waals surface area contributed by atoms with Crippen LogP contribution >= 0.6 is 0 Å². The number of hydrogen-bond acceptors (Lipinski definition) is 9. The molecule has 2 aliphatic heterocycles. The number of hydrogen-bond donors (Lipinski definition) is 1. The van der Waals surface area contributed by atoms with E-state index in [0.29, 0.717) is 68.2 Å². The van der Waals surface area contributed by atoms with Gasteiger partial charge in [-0.05, 0) is 51.1 Å². The summed E-state index contributed by atoms with van der Waals surface area (Å²) in [6.07, 6.45) is 5.00. The fourth-order valence-corrected chi connectivity index (χ4v) is 4.97. The molecule has 1 amide bonds. The Labute approximate surface area is 227 Å². The van der Waals surface area contributed by atoms with Gasteiger partial charge in [-0.25, -0.2) is 19.3 Å². The van der Waals surface area contributed by atoms with Gasteiger partial charge in [-0.2, -0.15) is 0 Å². The molecule has 2 aliphatic rings. The molecule has 10 nitrogen and oxygen atoms in total. The predicted molar refractivity (Wildman–Crippen MR) is 143 cm³/mol. The molecule has 206 valence electrons. The fraction of sp³-hybridized carbons (Fsp3) is 0.429. The molecule has 1 N–H and O–H groups in total. The molecule has 0 radical (unpaired) electrons. The Kier molecular flexibility index (Phi) is 7.51. The third kappa shape index (κ3) is 5.58. The quantitative estimate of drug-likeness (QED) is 0.440. The van der Waals surface area contributed by atoms with E-state index in [0.717, 1.165) is 0 Å². The van der Waals surface area contributed by atoms with Crippen LogP contribution in [0.25, 0.3) is 0 Å². The van der Waals surface area contributed by atoms with E-state index in [9.17, 15) is 14.3 Å². The molecule has 1 aromatic carbocycles. The van der Waals surface area contributed by atoms with Crippen molar-refractivity contribution in [2.24, 2.45) is 5.92 Å². The molecule has 5 rings (SSSR count). The first-order valence-corrected chi connectivity index (χ1v) is 13.2. The number of carbonyl (C=O) groups excluding carboxylic acids is 1. The maximum atomic E-state index is 13.1. The summed E-state index contributed by atoms with van der Waals surface area (Å²) in [7, 11) is 0. The van der Waals surface area contributed by atoms with Crippen LogP contribution in [0.4, 0.5) is 16.0 Å². The second-order valence-electron chi connectivity index (χ2n) is 9.88. The number of nitrogens with zero attached hydrogens (tertiary/aromatic N) is 6. The first kappa shape index (κ1) is 26.6. The lowest BCUT2D eigenvalue weighted by Gasteiger charge is -2.40. The zero-order chi connectivity index (χ0) is 27.6. The van der Waals surface area contributed by atoms with E-state index in [1.54, 1.807) is 31.5 Å². The number of halogens is 1. The Hall–Kier alpha value is -3.99. The molecule has 4 heterocycles. The van der Waals surface area contributed by atoms with Crippen LogP contribution in [-0.4, -0.2) is 75.4 Å². The van der Waals surface area contributed by atoms with Crippen LogP contribution in [0.15, 0.2) is 55.0 Å². The average Bonchev–Trinajstić information content (AvgIpc) is 3.20. The molecule has 0 saturated carbocycles. The highest BCUT2D eigenvalue weighted by atomic mass is 19.1. The van der Waals surface area contributed by atoms with E-state index in [1.807, 2.05) is 28.5 Å². The zero-order valence-corrected chi connectivity index (χ0v) is 22.3. The number of aromatic nitrogens is 3. The topological polar surface area (TPSA) is 104 Å². The maximum Gasteiger partial charge on any atom is 0.229 e. The summed E-state index contributed by atoms with van der Waals surface area (Å²) in [6, 6.07) is 9.05. The molecule has 0 aliphatic carbocycles. The second kappa shape index (κ2) is 11.0. The van der Waals surface area contributed by atoms with Crippen molar-refractivity contribution < 1.29 is 23.8 Å². The van der Waals surface area contributed by atoms with Crippen LogP contribution in [0.3, 0.4) is 0 Å². The molecule has 0 bridgehead atoms. The van der Waals surface area contributed by atoms with E-state index in [-0.39, 0.29) is 17.6 Å². The number of amides is 1. The summed E-state index contributed by atoms with van der Waals surface area (Å²) >= 11 is 0. The van der Waals surface area contributed by atoms with Crippen LogP contribution < -0.4 is 19.3 Å². The molecule has 2 fully saturated rings. The van der Waals surface area contributed by atoms with Gasteiger partial charge in [0.25, 0.3) is 0 Å².